The lowest BCUT2D eigenvalue weighted by Gasteiger charge is -2.13. The third kappa shape index (κ3) is 7.91. The highest BCUT2D eigenvalue weighted by Crippen LogP contribution is 2.22. The Morgan fingerprint density at radius 3 is 1.90 bits per heavy atom. The van der Waals surface area contributed by atoms with Gasteiger partial charge in [-0.05, 0) is 59.3 Å². The molecule has 11 nitrogen and oxygen atoms in total. The smallest absolute Gasteiger partial charge is 0.322 e. The van der Waals surface area contributed by atoms with Gasteiger partial charge in [-0.25, -0.2) is 8.42 Å². The van der Waals surface area contributed by atoms with Gasteiger partial charge in [0.05, 0.1) is 16.3 Å². The first-order valence-corrected chi connectivity index (χ1v) is 13.0. The Hall–Kier alpha value is -2.52. The van der Waals surface area contributed by atoms with Crippen LogP contribution in [0.2, 0.25) is 0 Å². The maximum absolute atomic E-state index is 12.4. The molecular formula is C17H20N4O7S3. The molecule has 0 radical (unpaired) electrons. The monoisotopic (exact) mass is 488 g/mol. The molecule has 0 aliphatic rings. The molecule has 0 aliphatic carbocycles. The van der Waals surface area contributed by atoms with E-state index in [9.17, 15) is 21.6 Å². The number of carboxylic acids is 1. The van der Waals surface area contributed by atoms with Gasteiger partial charge in [-0.1, -0.05) is 0 Å². The molecule has 0 aromatic heterocycles. The van der Waals surface area contributed by atoms with Crippen LogP contribution in [-0.2, 0) is 24.0 Å². The number of sulfonamides is 1. The highest BCUT2D eigenvalue weighted by molar-refractivity contribution is 8.69. The molecule has 0 saturated heterocycles. The largest absolute Gasteiger partial charge is 0.480 e. The van der Waals surface area contributed by atoms with E-state index in [1.807, 2.05) is 35.9 Å². The number of rotatable bonds is 10. The van der Waals surface area contributed by atoms with Gasteiger partial charge in [-0.2, -0.15) is 23.4 Å². The molecular weight excluding hydrogens is 468 g/mol. The van der Waals surface area contributed by atoms with E-state index in [1.165, 1.54) is 24.3 Å². The summed E-state index contributed by atoms with van der Waals surface area (Å²) in [4.78, 5) is 12.9. The Labute approximate surface area is 183 Å². The number of aliphatic carboxylic acids is 1. The predicted molar refractivity (Wildman–Crippen MR) is 117 cm³/mol. The maximum Gasteiger partial charge on any atom is 0.322 e. The zero-order valence-corrected chi connectivity index (χ0v) is 18.9. The van der Waals surface area contributed by atoms with Gasteiger partial charge in [0.25, 0.3) is 0 Å². The number of nitrogens with zero attached hydrogens (tertiary/aromatic N) is 3. The highest BCUT2D eigenvalue weighted by Gasteiger charge is 2.27. The van der Waals surface area contributed by atoms with Gasteiger partial charge in [0.15, 0.2) is 0 Å². The van der Waals surface area contributed by atoms with Crippen molar-refractivity contribution >= 4 is 53.0 Å². The van der Waals surface area contributed by atoms with Crippen LogP contribution in [0, 0.1) is 0 Å². The molecule has 3 N–H and O–H groups in total. The van der Waals surface area contributed by atoms with Crippen LogP contribution in [-0.4, -0.2) is 58.4 Å². The van der Waals surface area contributed by atoms with Crippen LogP contribution in [0.4, 0.5) is 17.1 Å². The minimum absolute atomic E-state index is 0.0949. The van der Waals surface area contributed by atoms with Crippen LogP contribution >= 0.6 is 10.8 Å². The molecule has 2 rings (SSSR count). The van der Waals surface area contributed by atoms with E-state index < -0.39 is 36.9 Å². The predicted octanol–water partition coefficient (Wildman–Crippen LogP) is 2.44. The molecule has 0 bridgehead atoms. The van der Waals surface area contributed by atoms with Gasteiger partial charge < -0.3 is 10.0 Å². The Balaban J connectivity index is 2.10. The van der Waals surface area contributed by atoms with Gasteiger partial charge in [0.1, 0.15) is 6.04 Å². The summed E-state index contributed by atoms with van der Waals surface area (Å²) >= 11 is 0. The minimum Gasteiger partial charge on any atom is -0.480 e. The van der Waals surface area contributed by atoms with Crippen LogP contribution < -0.4 is 9.62 Å². The molecule has 168 valence electrons. The second-order valence-corrected chi connectivity index (χ2v) is 11.4. The van der Waals surface area contributed by atoms with Crippen molar-refractivity contribution in [2.45, 2.75) is 10.9 Å². The van der Waals surface area contributed by atoms with E-state index >= 15 is 0 Å². The van der Waals surface area contributed by atoms with Crippen LogP contribution in [0.3, 0.4) is 0 Å². The van der Waals surface area contributed by atoms with Crippen molar-refractivity contribution in [3.63, 3.8) is 0 Å². The van der Waals surface area contributed by atoms with Gasteiger partial charge in [-0.15, -0.1) is 0 Å². The number of benzene rings is 2. The number of hydrogen-bond acceptors (Lipinski definition) is 9. The summed E-state index contributed by atoms with van der Waals surface area (Å²) in [6, 6.07) is 10.7. The summed E-state index contributed by atoms with van der Waals surface area (Å²) in [5.41, 5.74) is 1.97. The number of carboxylic acid groups (broad SMARTS) is 1. The Bertz CT molecular complexity index is 1150. The normalized spacial score (nSPS) is 13.3. The zero-order chi connectivity index (χ0) is 23.2. The van der Waals surface area contributed by atoms with Crippen LogP contribution in [0.25, 0.3) is 0 Å². The van der Waals surface area contributed by atoms with Gasteiger partial charge in [-0.3, -0.25) is 9.35 Å². The molecule has 2 aromatic carbocycles. The number of anilines is 1. The topological polar surface area (TPSA) is 166 Å². The highest BCUT2D eigenvalue weighted by atomic mass is 33.1. The Morgan fingerprint density at radius 1 is 1.00 bits per heavy atom. The lowest BCUT2D eigenvalue weighted by molar-refractivity contribution is -0.138. The fourth-order valence-corrected chi connectivity index (χ4v) is 4.94. The van der Waals surface area contributed by atoms with Crippen molar-refractivity contribution < 1.29 is 31.3 Å². The third-order valence-corrected chi connectivity index (χ3v) is 7.33. The van der Waals surface area contributed by atoms with E-state index in [0.717, 1.165) is 5.69 Å². The third-order valence-electron chi connectivity index (χ3n) is 3.77. The van der Waals surface area contributed by atoms with E-state index in [-0.39, 0.29) is 15.7 Å². The van der Waals surface area contributed by atoms with Gasteiger partial charge in [0, 0.05) is 25.5 Å². The molecule has 1 atom stereocenters. The second kappa shape index (κ2) is 10.2. The minimum atomic E-state index is -4.52. The summed E-state index contributed by atoms with van der Waals surface area (Å²) in [6.07, 6.45) is 0. The first-order valence-electron chi connectivity index (χ1n) is 8.53. The van der Waals surface area contributed by atoms with Crippen molar-refractivity contribution in [1.29, 1.82) is 0 Å². The summed E-state index contributed by atoms with van der Waals surface area (Å²) in [5, 5.41) is 17.2. The molecule has 14 heteroatoms. The molecule has 0 amide bonds. The first-order chi connectivity index (χ1) is 14.4. The molecule has 0 unspecified atom stereocenters. The number of nitrogens with one attached hydrogen (secondary N) is 1. The second-order valence-electron chi connectivity index (χ2n) is 6.33. The average Bonchev–Trinajstić information content (AvgIpc) is 2.69. The number of carbonyl (C=O) groups is 1. The summed E-state index contributed by atoms with van der Waals surface area (Å²) in [7, 11) is -5.06. The Morgan fingerprint density at radius 2 is 1.48 bits per heavy atom. The summed E-state index contributed by atoms with van der Waals surface area (Å²) < 4.78 is 56.9. The van der Waals surface area contributed by atoms with Crippen molar-refractivity contribution in [2.24, 2.45) is 10.2 Å². The lowest BCUT2D eigenvalue weighted by atomic mass is 10.3. The SMILES string of the molecule is CN(C)c1ccc(N=Nc2ccc(S(=O)(=O)N[C@@H](CSS(=O)(=O)O)C(=O)O)cc2)cc1. The van der Waals surface area contributed by atoms with Crippen LogP contribution in [0.1, 0.15) is 0 Å². The van der Waals surface area contributed by atoms with Crippen molar-refractivity contribution in [3.8, 4) is 0 Å². The van der Waals surface area contributed by atoms with Crippen molar-refractivity contribution in [1.82, 2.24) is 4.72 Å². The fourth-order valence-electron chi connectivity index (χ4n) is 2.19. The molecule has 0 heterocycles. The average molecular weight is 489 g/mol. The van der Waals surface area contributed by atoms with E-state index in [0.29, 0.717) is 11.4 Å². The van der Waals surface area contributed by atoms with Gasteiger partial charge in [0.2, 0.25) is 10.0 Å². The van der Waals surface area contributed by atoms with Crippen LogP contribution in [0.15, 0.2) is 63.7 Å². The zero-order valence-electron chi connectivity index (χ0n) is 16.4. The quantitative estimate of drug-likeness (QED) is 0.258. The molecule has 0 saturated carbocycles. The van der Waals surface area contributed by atoms with Crippen molar-refractivity contribution in [3.05, 3.63) is 48.5 Å². The molecule has 0 aliphatic heterocycles. The maximum atomic E-state index is 12.4. The number of azo groups is 1. The van der Waals surface area contributed by atoms with E-state index in [2.05, 4.69) is 10.2 Å². The first kappa shape index (κ1) is 24.7. The van der Waals surface area contributed by atoms with Crippen molar-refractivity contribution in [2.75, 3.05) is 24.7 Å². The van der Waals surface area contributed by atoms with E-state index in [1.54, 1.807) is 12.1 Å². The number of hydrogen-bond donors (Lipinski definition) is 3. The molecule has 2 aromatic rings. The molecule has 31 heavy (non-hydrogen) atoms. The molecule has 0 fully saturated rings. The summed E-state index contributed by atoms with van der Waals surface area (Å²) in [5.74, 6) is -2.31. The van der Waals surface area contributed by atoms with E-state index in [4.69, 9.17) is 9.66 Å². The lowest BCUT2D eigenvalue weighted by Crippen LogP contribution is -2.42. The van der Waals surface area contributed by atoms with Gasteiger partial charge >= 0.3 is 15.1 Å². The fraction of sp³-hybridized carbons (Fsp3) is 0.235. The Kier molecular flexibility index (Phi) is 8.14. The summed E-state index contributed by atoms with van der Waals surface area (Å²) in [6.45, 7) is 0. The molecule has 0 spiro atoms. The van der Waals surface area contributed by atoms with Crippen LogP contribution in [0.5, 0.6) is 0 Å². The standard InChI is InChI=1S/C17H20N4O7S3/c1-21(2)14-7-3-12(4-8-14)18-19-13-5-9-15(10-6-13)30(24,25)20-16(17(22)23)11-29-31(26,27)28/h3-10,16,20H,11H2,1-2H3,(H,22,23)(H,26,27,28)/t16-/m0/s1.